The van der Waals surface area contributed by atoms with Crippen molar-refractivity contribution in [2.75, 3.05) is 13.1 Å². The highest BCUT2D eigenvalue weighted by Gasteiger charge is 2.31. The molecule has 12 heavy (non-hydrogen) atoms. The smallest absolute Gasteiger partial charge is 0.0164 e. The van der Waals surface area contributed by atoms with Crippen molar-refractivity contribution in [1.29, 1.82) is 0 Å². The Hall–Kier alpha value is -0.0400. The third-order valence-corrected chi connectivity index (χ3v) is 3.79. The molecule has 3 unspecified atom stereocenters. The van der Waals surface area contributed by atoms with Gasteiger partial charge in [-0.3, -0.25) is 0 Å². The molecule has 1 heteroatoms. The highest BCUT2D eigenvalue weighted by atomic mass is 14.9. The van der Waals surface area contributed by atoms with Crippen LogP contribution in [0.2, 0.25) is 0 Å². The van der Waals surface area contributed by atoms with Crippen LogP contribution in [-0.4, -0.2) is 13.1 Å². The van der Waals surface area contributed by atoms with Gasteiger partial charge >= 0.3 is 0 Å². The number of hydrogen-bond acceptors (Lipinski definition) is 0. The predicted octanol–water partition coefficient (Wildman–Crippen LogP) is 2.44. The molecule has 2 aliphatic rings. The van der Waals surface area contributed by atoms with Crippen molar-refractivity contribution in [2.24, 2.45) is 17.8 Å². The molecule has 1 aliphatic carbocycles. The normalized spacial score (nSPS) is 43.2. The molecular weight excluding hydrogens is 146 g/mol. The molecule has 1 nitrogen and oxygen atoms in total. The first-order valence-electron chi connectivity index (χ1n) is 5.51. The molecule has 0 aromatic rings. The van der Waals surface area contributed by atoms with Crippen molar-refractivity contribution in [3.8, 4) is 0 Å². The van der Waals surface area contributed by atoms with Crippen LogP contribution in [0.4, 0.5) is 0 Å². The molecule has 3 atom stereocenters. The minimum atomic E-state index is 0.955. The third-order valence-electron chi connectivity index (χ3n) is 3.79. The lowest BCUT2D eigenvalue weighted by Crippen LogP contribution is -2.30. The fraction of sp³-hybridized carbons (Fsp3) is 1.00. The van der Waals surface area contributed by atoms with E-state index in [0.717, 1.165) is 24.3 Å². The minimum absolute atomic E-state index is 0.955. The van der Waals surface area contributed by atoms with E-state index in [0.29, 0.717) is 0 Å². The van der Waals surface area contributed by atoms with E-state index in [2.05, 4.69) is 12.2 Å². The Bertz CT molecular complexity index is 138. The number of rotatable bonds is 1. The molecule has 1 saturated heterocycles. The van der Waals surface area contributed by atoms with Gasteiger partial charge in [0.05, 0.1) is 0 Å². The van der Waals surface area contributed by atoms with Gasteiger partial charge in [0.15, 0.2) is 0 Å². The van der Waals surface area contributed by atoms with Gasteiger partial charge in [-0.1, -0.05) is 19.8 Å². The molecule has 0 N–H and O–H groups in total. The monoisotopic (exact) mass is 166 g/mol. The molecule has 0 aromatic heterocycles. The molecule has 0 aromatic carbocycles. The van der Waals surface area contributed by atoms with Crippen LogP contribution in [0.15, 0.2) is 0 Å². The Balaban J connectivity index is 1.89. The summed E-state index contributed by atoms with van der Waals surface area (Å²) in [7, 11) is 0. The Labute approximate surface area is 75.9 Å². The summed E-state index contributed by atoms with van der Waals surface area (Å²) in [5.41, 5.74) is 0. The molecular formula is C11H20N. The Morgan fingerprint density at radius 1 is 1.08 bits per heavy atom. The second-order valence-electron chi connectivity index (χ2n) is 4.60. The maximum absolute atomic E-state index is 4.54. The maximum atomic E-state index is 4.54. The van der Waals surface area contributed by atoms with Crippen LogP contribution in [0, 0.1) is 17.8 Å². The molecule has 1 radical (unpaired) electrons. The summed E-state index contributed by atoms with van der Waals surface area (Å²) in [6, 6.07) is 0. The first-order chi connectivity index (χ1) is 5.88. The van der Waals surface area contributed by atoms with Gasteiger partial charge in [-0.2, -0.15) is 0 Å². The van der Waals surface area contributed by atoms with Crippen molar-refractivity contribution < 1.29 is 0 Å². The second-order valence-corrected chi connectivity index (χ2v) is 4.60. The Kier molecular flexibility index (Phi) is 2.69. The summed E-state index contributed by atoms with van der Waals surface area (Å²) in [5.74, 6) is 2.97. The molecule has 0 spiro atoms. The van der Waals surface area contributed by atoms with Gasteiger partial charge in [0.2, 0.25) is 0 Å². The predicted molar refractivity (Wildman–Crippen MR) is 51.1 cm³/mol. The standard InChI is InChI=1S/C11H20N/c1-9-4-2-6-11(9)10-5-3-7-12-8-10/h9-11H,2-8H2,1H3. The summed E-state index contributed by atoms with van der Waals surface area (Å²) in [6.45, 7) is 4.75. The molecule has 0 amide bonds. The molecule has 2 rings (SSSR count). The third kappa shape index (κ3) is 1.66. The average Bonchev–Trinajstić information content (AvgIpc) is 2.53. The van der Waals surface area contributed by atoms with Crippen LogP contribution in [0.25, 0.3) is 0 Å². The van der Waals surface area contributed by atoms with Gasteiger partial charge in [-0.05, 0) is 37.0 Å². The fourth-order valence-electron chi connectivity index (χ4n) is 3.04. The van der Waals surface area contributed by atoms with E-state index in [1.165, 1.54) is 38.6 Å². The van der Waals surface area contributed by atoms with Crippen LogP contribution < -0.4 is 5.32 Å². The number of nitrogens with zero attached hydrogens (tertiary/aromatic N) is 1. The number of piperidine rings is 1. The lowest BCUT2D eigenvalue weighted by Gasteiger charge is -2.29. The van der Waals surface area contributed by atoms with Crippen molar-refractivity contribution in [1.82, 2.24) is 5.32 Å². The summed E-state index contributed by atoms with van der Waals surface area (Å²) >= 11 is 0. The molecule has 1 aliphatic heterocycles. The Morgan fingerprint density at radius 3 is 2.58 bits per heavy atom. The Morgan fingerprint density at radius 2 is 2.00 bits per heavy atom. The first kappa shape index (κ1) is 8.55. The van der Waals surface area contributed by atoms with Gasteiger partial charge in [0.1, 0.15) is 0 Å². The molecule has 2 fully saturated rings. The maximum Gasteiger partial charge on any atom is 0.0164 e. The van der Waals surface area contributed by atoms with E-state index in [9.17, 15) is 0 Å². The SMILES string of the molecule is CC1CCCC1C1CCC[N]C1. The van der Waals surface area contributed by atoms with Gasteiger partial charge in [0.25, 0.3) is 0 Å². The summed E-state index contributed by atoms with van der Waals surface area (Å²) in [6.07, 6.45) is 7.25. The van der Waals surface area contributed by atoms with E-state index in [1.807, 2.05) is 0 Å². The van der Waals surface area contributed by atoms with Crippen molar-refractivity contribution in [3.05, 3.63) is 0 Å². The van der Waals surface area contributed by atoms with Crippen molar-refractivity contribution in [2.45, 2.75) is 39.0 Å². The first-order valence-corrected chi connectivity index (χ1v) is 5.51. The van der Waals surface area contributed by atoms with Gasteiger partial charge in [-0.15, -0.1) is 0 Å². The highest BCUT2D eigenvalue weighted by molar-refractivity contribution is 4.83. The number of hydrogen-bond donors (Lipinski definition) is 0. The second kappa shape index (κ2) is 3.78. The highest BCUT2D eigenvalue weighted by Crippen LogP contribution is 2.38. The lowest BCUT2D eigenvalue weighted by molar-refractivity contribution is 0.222. The summed E-state index contributed by atoms with van der Waals surface area (Å²) in [5, 5.41) is 4.54. The zero-order valence-electron chi connectivity index (χ0n) is 8.13. The van der Waals surface area contributed by atoms with E-state index in [4.69, 9.17) is 0 Å². The summed E-state index contributed by atoms with van der Waals surface area (Å²) in [4.78, 5) is 0. The van der Waals surface area contributed by atoms with Crippen LogP contribution in [0.1, 0.15) is 39.0 Å². The topological polar surface area (TPSA) is 14.1 Å². The molecule has 1 saturated carbocycles. The molecule has 0 bridgehead atoms. The quantitative estimate of drug-likeness (QED) is 0.568. The zero-order chi connectivity index (χ0) is 8.39. The van der Waals surface area contributed by atoms with Crippen LogP contribution in [-0.2, 0) is 0 Å². The largest absolute Gasteiger partial charge is 0.241 e. The molecule has 1 heterocycles. The van der Waals surface area contributed by atoms with E-state index in [1.54, 1.807) is 0 Å². The van der Waals surface area contributed by atoms with Crippen LogP contribution in [0.5, 0.6) is 0 Å². The van der Waals surface area contributed by atoms with E-state index < -0.39 is 0 Å². The van der Waals surface area contributed by atoms with Crippen molar-refractivity contribution in [3.63, 3.8) is 0 Å². The van der Waals surface area contributed by atoms with Gasteiger partial charge < -0.3 is 0 Å². The zero-order valence-corrected chi connectivity index (χ0v) is 8.13. The van der Waals surface area contributed by atoms with Crippen LogP contribution in [0.3, 0.4) is 0 Å². The van der Waals surface area contributed by atoms with E-state index in [-0.39, 0.29) is 0 Å². The molecule has 69 valence electrons. The average molecular weight is 166 g/mol. The fourth-order valence-corrected chi connectivity index (χ4v) is 3.04. The lowest BCUT2D eigenvalue weighted by atomic mass is 9.81. The summed E-state index contributed by atoms with van der Waals surface area (Å²) < 4.78 is 0. The van der Waals surface area contributed by atoms with Gasteiger partial charge in [0, 0.05) is 13.1 Å². The minimum Gasteiger partial charge on any atom is -0.241 e. The van der Waals surface area contributed by atoms with Crippen LogP contribution >= 0.6 is 0 Å². The van der Waals surface area contributed by atoms with Gasteiger partial charge in [-0.25, -0.2) is 5.32 Å². The van der Waals surface area contributed by atoms with E-state index >= 15 is 0 Å². The van der Waals surface area contributed by atoms with Crippen molar-refractivity contribution >= 4 is 0 Å².